The Bertz CT molecular complexity index is 1080. The molecule has 0 spiro atoms. The Labute approximate surface area is 137 Å². The van der Waals surface area contributed by atoms with Crippen LogP contribution in [0.25, 0.3) is 22.2 Å². The molecule has 4 rings (SSSR count). The molecular formula is C19H13N3O2. The number of para-hydroxylation sites is 1. The summed E-state index contributed by atoms with van der Waals surface area (Å²) in [5, 5.41) is 3.66. The molecule has 0 saturated heterocycles. The lowest BCUT2D eigenvalue weighted by Crippen LogP contribution is -2.01. The van der Waals surface area contributed by atoms with Crippen molar-refractivity contribution in [2.24, 2.45) is 4.99 Å². The molecule has 0 aliphatic carbocycles. The zero-order chi connectivity index (χ0) is 16.4. The van der Waals surface area contributed by atoms with Gasteiger partial charge in [-0.3, -0.25) is 9.98 Å². The number of fused-ring (bicyclic) bond motifs is 1. The van der Waals surface area contributed by atoms with Crippen molar-refractivity contribution in [3.63, 3.8) is 0 Å². The van der Waals surface area contributed by atoms with Gasteiger partial charge in [0.15, 0.2) is 0 Å². The van der Waals surface area contributed by atoms with Crippen LogP contribution >= 0.6 is 0 Å². The number of aromatic amines is 1. The molecule has 0 fully saturated rings. The Hall–Kier alpha value is -3.47. The number of H-pyrrole nitrogens is 1. The quantitative estimate of drug-likeness (QED) is 0.582. The first-order valence-electron chi connectivity index (χ1n) is 7.47. The van der Waals surface area contributed by atoms with E-state index in [9.17, 15) is 4.79 Å². The molecule has 4 aromatic rings. The van der Waals surface area contributed by atoms with Gasteiger partial charge in [-0.2, -0.15) is 0 Å². The molecule has 2 aromatic heterocycles. The van der Waals surface area contributed by atoms with Crippen molar-refractivity contribution in [2.75, 3.05) is 0 Å². The first-order chi connectivity index (χ1) is 11.8. The van der Waals surface area contributed by atoms with E-state index in [1.54, 1.807) is 6.20 Å². The first-order valence-corrected chi connectivity index (χ1v) is 7.47. The Morgan fingerprint density at radius 2 is 1.83 bits per heavy atom. The first kappa shape index (κ1) is 14.1. The van der Waals surface area contributed by atoms with Crippen LogP contribution in [0.1, 0.15) is 5.56 Å². The Balaban J connectivity index is 1.73. The van der Waals surface area contributed by atoms with Crippen molar-refractivity contribution >= 4 is 22.8 Å². The van der Waals surface area contributed by atoms with Crippen LogP contribution in [0.2, 0.25) is 0 Å². The third-order valence-electron chi connectivity index (χ3n) is 3.72. The van der Waals surface area contributed by atoms with E-state index in [0.29, 0.717) is 16.9 Å². The number of hydrogen-bond donors (Lipinski definition) is 1. The van der Waals surface area contributed by atoms with E-state index in [2.05, 4.69) is 15.1 Å². The molecule has 2 heterocycles. The van der Waals surface area contributed by atoms with Gasteiger partial charge in [0.1, 0.15) is 5.56 Å². The molecule has 0 atom stereocenters. The average Bonchev–Trinajstić information content (AvgIpc) is 3.01. The summed E-state index contributed by atoms with van der Waals surface area (Å²) in [6.45, 7) is 0. The van der Waals surface area contributed by atoms with Crippen LogP contribution in [0.3, 0.4) is 0 Å². The van der Waals surface area contributed by atoms with Crippen LogP contribution in [-0.2, 0) is 0 Å². The number of rotatable bonds is 3. The maximum Gasteiger partial charge on any atom is 0.366 e. The molecule has 1 N–H and O–H groups in total. The number of nitrogens with zero attached hydrogens (tertiary/aromatic N) is 2. The summed E-state index contributed by atoms with van der Waals surface area (Å²) in [6, 6.07) is 19.2. The van der Waals surface area contributed by atoms with Gasteiger partial charge in [0, 0.05) is 17.2 Å². The highest BCUT2D eigenvalue weighted by atomic mass is 16.5. The zero-order valence-electron chi connectivity index (χ0n) is 12.6. The van der Waals surface area contributed by atoms with Gasteiger partial charge in [0.2, 0.25) is 0 Å². The van der Waals surface area contributed by atoms with E-state index in [-0.39, 0.29) is 0 Å². The van der Waals surface area contributed by atoms with Gasteiger partial charge in [-0.25, -0.2) is 9.95 Å². The van der Waals surface area contributed by atoms with Crippen LogP contribution in [0.4, 0.5) is 5.69 Å². The van der Waals surface area contributed by atoms with Crippen LogP contribution in [-0.4, -0.2) is 16.4 Å². The third-order valence-corrected chi connectivity index (χ3v) is 3.72. The molecule has 0 aliphatic rings. The fraction of sp³-hybridized carbons (Fsp3) is 0. The van der Waals surface area contributed by atoms with Gasteiger partial charge in [-0.05, 0) is 12.1 Å². The Morgan fingerprint density at radius 1 is 1.04 bits per heavy atom. The molecule has 0 unspecified atom stereocenters. The predicted molar refractivity (Wildman–Crippen MR) is 93.8 cm³/mol. The summed E-state index contributed by atoms with van der Waals surface area (Å²) in [4.78, 5) is 20.7. The second kappa shape index (κ2) is 5.96. The molecular weight excluding hydrogens is 302 g/mol. The maximum absolute atomic E-state index is 11.9. The normalized spacial score (nSPS) is 11.3. The van der Waals surface area contributed by atoms with E-state index < -0.39 is 5.63 Å². The van der Waals surface area contributed by atoms with Gasteiger partial charge in [-0.15, -0.1) is 0 Å². The van der Waals surface area contributed by atoms with E-state index in [1.807, 2.05) is 60.7 Å². The Morgan fingerprint density at radius 3 is 2.71 bits per heavy atom. The fourth-order valence-corrected chi connectivity index (χ4v) is 2.52. The summed E-state index contributed by atoms with van der Waals surface area (Å²) in [6.07, 6.45) is 3.19. The summed E-state index contributed by atoms with van der Waals surface area (Å²) >= 11 is 0. The van der Waals surface area contributed by atoms with E-state index in [0.717, 1.165) is 16.5 Å². The van der Waals surface area contributed by atoms with Crippen molar-refractivity contribution in [3.05, 3.63) is 82.8 Å². The zero-order valence-corrected chi connectivity index (χ0v) is 12.6. The number of aromatic nitrogens is 2. The van der Waals surface area contributed by atoms with Gasteiger partial charge < -0.3 is 4.52 Å². The SMILES string of the molecule is O=c1o[nH]c(-c2ccccc2)c1C=Nc1cnc2ccccc2c1. The van der Waals surface area contributed by atoms with Gasteiger partial charge >= 0.3 is 5.63 Å². The van der Waals surface area contributed by atoms with Crippen molar-refractivity contribution in [1.82, 2.24) is 10.1 Å². The molecule has 5 nitrogen and oxygen atoms in total. The minimum Gasteiger partial charge on any atom is -0.338 e. The van der Waals surface area contributed by atoms with Crippen LogP contribution in [0.5, 0.6) is 0 Å². The van der Waals surface area contributed by atoms with Crippen molar-refractivity contribution < 1.29 is 4.52 Å². The lowest BCUT2D eigenvalue weighted by Gasteiger charge is -1.99. The van der Waals surface area contributed by atoms with E-state index in [1.165, 1.54) is 6.21 Å². The minimum absolute atomic E-state index is 0.384. The molecule has 24 heavy (non-hydrogen) atoms. The van der Waals surface area contributed by atoms with Crippen LogP contribution < -0.4 is 5.63 Å². The fourth-order valence-electron chi connectivity index (χ4n) is 2.52. The molecule has 0 radical (unpaired) electrons. The third kappa shape index (κ3) is 2.63. The monoisotopic (exact) mass is 315 g/mol. The highest BCUT2D eigenvalue weighted by Crippen LogP contribution is 2.20. The second-order valence-electron chi connectivity index (χ2n) is 5.29. The van der Waals surface area contributed by atoms with Crippen LogP contribution in [0, 0.1) is 0 Å². The van der Waals surface area contributed by atoms with Crippen LogP contribution in [0.15, 0.2) is 81.2 Å². The number of hydrogen-bond acceptors (Lipinski definition) is 4. The number of aliphatic imine (C=N–C) groups is 1. The largest absolute Gasteiger partial charge is 0.366 e. The van der Waals surface area contributed by atoms with E-state index >= 15 is 0 Å². The number of nitrogens with one attached hydrogen (secondary N) is 1. The lowest BCUT2D eigenvalue weighted by atomic mass is 10.1. The second-order valence-corrected chi connectivity index (χ2v) is 5.29. The summed E-state index contributed by atoms with van der Waals surface area (Å²) in [7, 11) is 0. The highest BCUT2D eigenvalue weighted by molar-refractivity contribution is 5.90. The molecule has 0 aliphatic heterocycles. The van der Waals surface area contributed by atoms with Gasteiger partial charge in [0.05, 0.1) is 23.1 Å². The number of pyridine rings is 1. The molecule has 2 aromatic carbocycles. The van der Waals surface area contributed by atoms with Crippen molar-refractivity contribution in [3.8, 4) is 11.3 Å². The summed E-state index contributed by atoms with van der Waals surface area (Å²) < 4.78 is 4.92. The summed E-state index contributed by atoms with van der Waals surface area (Å²) in [5.74, 6) is 0. The summed E-state index contributed by atoms with van der Waals surface area (Å²) in [5.41, 5.74) is 2.98. The van der Waals surface area contributed by atoms with E-state index in [4.69, 9.17) is 4.52 Å². The number of benzene rings is 2. The van der Waals surface area contributed by atoms with Crippen molar-refractivity contribution in [2.45, 2.75) is 0 Å². The van der Waals surface area contributed by atoms with Gasteiger partial charge in [-0.1, -0.05) is 48.5 Å². The lowest BCUT2D eigenvalue weighted by molar-refractivity contribution is 0.393. The highest BCUT2D eigenvalue weighted by Gasteiger charge is 2.11. The van der Waals surface area contributed by atoms with Gasteiger partial charge in [0.25, 0.3) is 0 Å². The minimum atomic E-state index is -0.452. The Kier molecular flexibility index (Phi) is 3.51. The molecule has 0 bridgehead atoms. The predicted octanol–water partition coefficient (Wildman–Crippen LogP) is 3.93. The molecule has 0 amide bonds. The smallest absolute Gasteiger partial charge is 0.338 e. The standard InChI is InChI=1S/C19H13N3O2/c23-19-16(18(22-24-19)13-6-2-1-3-7-13)12-20-15-10-14-8-4-5-9-17(14)21-11-15/h1-12,22H. The molecule has 5 heteroatoms. The maximum atomic E-state index is 11.9. The van der Waals surface area contributed by atoms with Crippen molar-refractivity contribution in [1.29, 1.82) is 0 Å². The molecule has 0 saturated carbocycles. The molecule has 116 valence electrons. The average molecular weight is 315 g/mol. The topological polar surface area (TPSA) is 71.2 Å².